The first-order valence-corrected chi connectivity index (χ1v) is 8.68. The van der Waals surface area contributed by atoms with E-state index < -0.39 is 0 Å². The molecule has 0 saturated carbocycles. The van der Waals surface area contributed by atoms with Crippen LogP contribution >= 0.6 is 0 Å². The maximum Gasteiger partial charge on any atom is 0.0745 e. The van der Waals surface area contributed by atoms with Crippen molar-refractivity contribution >= 4 is 16.6 Å². The van der Waals surface area contributed by atoms with Gasteiger partial charge in [-0.2, -0.15) is 0 Å². The highest BCUT2D eigenvalue weighted by Gasteiger charge is 2.15. The topological polar surface area (TPSA) is 45.1 Å². The van der Waals surface area contributed by atoms with Crippen molar-refractivity contribution in [3.05, 3.63) is 71.4 Å². The summed E-state index contributed by atoms with van der Waals surface area (Å²) in [5, 5.41) is 14.5. The van der Waals surface area contributed by atoms with E-state index in [1.807, 2.05) is 30.5 Å². The summed E-state index contributed by atoms with van der Waals surface area (Å²) in [4.78, 5) is 4.40. The Bertz CT molecular complexity index is 854. The van der Waals surface area contributed by atoms with Crippen LogP contribution in [0.4, 0.5) is 5.69 Å². The van der Waals surface area contributed by atoms with Crippen molar-refractivity contribution in [3.8, 4) is 0 Å². The van der Waals surface area contributed by atoms with Gasteiger partial charge in [0.25, 0.3) is 0 Å². The summed E-state index contributed by atoms with van der Waals surface area (Å²) in [7, 11) is 0. The maximum atomic E-state index is 9.94. The summed E-state index contributed by atoms with van der Waals surface area (Å²) < 4.78 is 0. The van der Waals surface area contributed by atoms with Gasteiger partial charge in [-0.05, 0) is 54.5 Å². The number of aryl methyl sites for hydroxylation is 2. The van der Waals surface area contributed by atoms with Crippen LogP contribution in [0.2, 0.25) is 0 Å². The molecule has 1 aliphatic rings. The number of nitrogens with zero attached hydrogens (tertiary/aromatic N) is 1. The first-order valence-electron chi connectivity index (χ1n) is 8.68. The van der Waals surface area contributed by atoms with Gasteiger partial charge < -0.3 is 10.4 Å². The number of hydrogen-bond acceptors (Lipinski definition) is 3. The number of fused-ring (bicyclic) bond motifs is 2. The van der Waals surface area contributed by atoms with Crippen LogP contribution in [0.5, 0.6) is 0 Å². The fraction of sp³-hybridized carbons (Fsp3) is 0.286. The molecule has 4 rings (SSSR count). The lowest BCUT2D eigenvalue weighted by molar-refractivity contribution is 0.276. The highest BCUT2D eigenvalue weighted by Crippen LogP contribution is 2.29. The Morgan fingerprint density at radius 3 is 2.71 bits per heavy atom. The van der Waals surface area contributed by atoms with Crippen LogP contribution < -0.4 is 5.32 Å². The van der Waals surface area contributed by atoms with E-state index in [0.717, 1.165) is 28.6 Å². The van der Waals surface area contributed by atoms with Crippen molar-refractivity contribution in [1.82, 2.24) is 4.98 Å². The van der Waals surface area contributed by atoms with Crippen LogP contribution in [-0.4, -0.2) is 16.7 Å². The van der Waals surface area contributed by atoms with Crippen molar-refractivity contribution in [3.63, 3.8) is 0 Å². The lowest BCUT2D eigenvalue weighted by Gasteiger charge is -2.22. The van der Waals surface area contributed by atoms with Gasteiger partial charge in [-0.15, -0.1) is 0 Å². The largest absolute Gasteiger partial charge is 0.394 e. The molecule has 2 N–H and O–H groups in total. The summed E-state index contributed by atoms with van der Waals surface area (Å²) in [6.07, 6.45) is 6.70. The molecule has 122 valence electrons. The summed E-state index contributed by atoms with van der Waals surface area (Å²) in [6.45, 7) is 0.0649. The molecule has 2 aromatic carbocycles. The van der Waals surface area contributed by atoms with Crippen molar-refractivity contribution in [2.45, 2.75) is 31.7 Å². The second-order valence-electron chi connectivity index (χ2n) is 6.49. The van der Waals surface area contributed by atoms with Crippen LogP contribution in [0, 0.1) is 0 Å². The highest BCUT2D eigenvalue weighted by atomic mass is 16.3. The number of pyridine rings is 1. The summed E-state index contributed by atoms with van der Waals surface area (Å²) in [6, 6.07) is 16.6. The minimum Gasteiger partial charge on any atom is -0.394 e. The van der Waals surface area contributed by atoms with Gasteiger partial charge in [-0.1, -0.05) is 36.4 Å². The number of aliphatic hydroxyl groups is 1. The SMILES string of the molecule is OCC(Nc1ccnc2ccccc12)c1ccc2c(c1)CCCC2. The van der Waals surface area contributed by atoms with E-state index in [-0.39, 0.29) is 12.6 Å². The molecule has 1 aliphatic carbocycles. The van der Waals surface area contributed by atoms with Gasteiger partial charge in [-0.3, -0.25) is 4.98 Å². The lowest BCUT2D eigenvalue weighted by atomic mass is 9.89. The Hall–Kier alpha value is -2.39. The van der Waals surface area contributed by atoms with Crippen LogP contribution in [-0.2, 0) is 12.8 Å². The maximum absolute atomic E-state index is 9.94. The van der Waals surface area contributed by atoms with Crippen molar-refractivity contribution in [2.24, 2.45) is 0 Å². The van der Waals surface area contributed by atoms with Crippen LogP contribution in [0.1, 0.15) is 35.6 Å². The smallest absolute Gasteiger partial charge is 0.0745 e. The van der Waals surface area contributed by atoms with Crippen molar-refractivity contribution in [1.29, 1.82) is 0 Å². The molecule has 1 heterocycles. The zero-order valence-corrected chi connectivity index (χ0v) is 13.7. The third-order valence-electron chi connectivity index (χ3n) is 4.94. The minimum absolute atomic E-state index is 0.0649. The number of para-hydroxylation sites is 1. The molecular weight excluding hydrogens is 296 g/mol. The van der Waals surface area contributed by atoms with E-state index in [1.165, 1.54) is 30.4 Å². The highest BCUT2D eigenvalue weighted by molar-refractivity contribution is 5.91. The van der Waals surface area contributed by atoms with Gasteiger partial charge in [0.15, 0.2) is 0 Å². The third-order valence-corrected chi connectivity index (χ3v) is 4.94. The van der Waals surface area contributed by atoms with Crippen LogP contribution in [0.15, 0.2) is 54.7 Å². The average Bonchev–Trinajstić information content (AvgIpc) is 2.66. The first-order chi connectivity index (χ1) is 11.8. The number of anilines is 1. The molecule has 3 nitrogen and oxygen atoms in total. The second-order valence-corrected chi connectivity index (χ2v) is 6.49. The molecule has 0 fully saturated rings. The van der Waals surface area contributed by atoms with E-state index in [9.17, 15) is 5.11 Å². The molecule has 24 heavy (non-hydrogen) atoms. The zero-order chi connectivity index (χ0) is 16.4. The molecule has 0 saturated heterocycles. The predicted octanol–water partition coefficient (Wildman–Crippen LogP) is 4.26. The van der Waals surface area contributed by atoms with Crippen LogP contribution in [0.3, 0.4) is 0 Å². The van der Waals surface area contributed by atoms with Gasteiger partial charge in [-0.25, -0.2) is 0 Å². The second kappa shape index (κ2) is 6.62. The Morgan fingerprint density at radius 1 is 1.00 bits per heavy atom. The Labute approximate surface area is 142 Å². The molecule has 1 atom stereocenters. The first kappa shape index (κ1) is 15.2. The van der Waals surface area contributed by atoms with E-state index in [2.05, 4.69) is 34.6 Å². The van der Waals surface area contributed by atoms with Gasteiger partial charge >= 0.3 is 0 Å². The number of rotatable bonds is 4. The molecule has 0 spiro atoms. The van der Waals surface area contributed by atoms with Crippen molar-refractivity contribution < 1.29 is 5.11 Å². The summed E-state index contributed by atoms with van der Waals surface area (Å²) in [5.41, 5.74) is 6.04. The number of aromatic nitrogens is 1. The fourth-order valence-electron chi connectivity index (χ4n) is 3.61. The Kier molecular flexibility index (Phi) is 4.18. The molecule has 3 aromatic rings. The summed E-state index contributed by atoms with van der Waals surface area (Å²) >= 11 is 0. The standard InChI is InChI=1S/C21H22N2O/c24-14-21(17-10-9-15-5-1-2-6-16(15)13-17)23-20-11-12-22-19-8-4-3-7-18(19)20/h3-4,7-13,21,24H,1-2,5-6,14H2,(H,22,23). The third kappa shape index (κ3) is 2.87. The number of benzene rings is 2. The van der Waals surface area contributed by atoms with Gasteiger partial charge in [0.05, 0.1) is 18.2 Å². The summed E-state index contributed by atoms with van der Waals surface area (Å²) in [5.74, 6) is 0. The molecule has 1 aromatic heterocycles. The lowest BCUT2D eigenvalue weighted by Crippen LogP contribution is -2.16. The van der Waals surface area contributed by atoms with Gasteiger partial charge in [0.1, 0.15) is 0 Å². The Balaban J connectivity index is 1.66. The number of aliphatic hydroxyl groups excluding tert-OH is 1. The molecule has 0 aliphatic heterocycles. The number of hydrogen-bond donors (Lipinski definition) is 2. The average molecular weight is 318 g/mol. The molecule has 0 bridgehead atoms. The molecule has 0 radical (unpaired) electrons. The number of nitrogens with one attached hydrogen (secondary N) is 1. The Morgan fingerprint density at radius 2 is 1.83 bits per heavy atom. The predicted molar refractivity (Wildman–Crippen MR) is 98.3 cm³/mol. The van der Waals surface area contributed by atoms with E-state index in [0.29, 0.717) is 0 Å². The van der Waals surface area contributed by atoms with E-state index in [1.54, 1.807) is 0 Å². The van der Waals surface area contributed by atoms with E-state index >= 15 is 0 Å². The molecule has 1 unspecified atom stereocenters. The van der Waals surface area contributed by atoms with E-state index in [4.69, 9.17) is 0 Å². The fourth-order valence-corrected chi connectivity index (χ4v) is 3.61. The monoisotopic (exact) mass is 318 g/mol. The molecule has 3 heteroatoms. The van der Waals surface area contributed by atoms with Gasteiger partial charge in [0, 0.05) is 17.3 Å². The quantitative estimate of drug-likeness (QED) is 0.755. The van der Waals surface area contributed by atoms with Gasteiger partial charge in [0.2, 0.25) is 0 Å². The molecular formula is C21H22N2O. The minimum atomic E-state index is -0.108. The molecule has 0 amide bonds. The normalized spacial score (nSPS) is 15.0. The van der Waals surface area contributed by atoms with Crippen molar-refractivity contribution in [2.75, 3.05) is 11.9 Å². The van der Waals surface area contributed by atoms with Crippen LogP contribution in [0.25, 0.3) is 10.9 Å². The zero-order valence-electron chi connectivity index (χ0n) is 13.7.